The number of piperazine rings is 1. The van der Waals surface area contributed by atoms with Crippen LogP contribution in [-0.4, -0.2) is 66.7 Å². The molecule has 5 aliphatic rings. The van der Waals surface area contributed by atoms with Crippen molar-refractivity contribution in [3.8, 4) is 17.4 Å². The first-order valence-electron chi connectivity index (χ1n) is 11.7. The Kier molecular flexibility index (Phi) is 3.25. The molecule has 4 aromatic rings. The molecule has 1 saturated carbocycles. The summed E-state index contributed by atoms with van der Waals surface area (Å²) < 4.78 is 9.81. The van der Waals surface area contributed by atoms with Crippen molar-refractivity contribution in [3.63, 3.8) is 0 Å². The number of hydrogen-bond acceptors (Lipinski definition) is 5. The van der Waals surface area contributed by atoms with Crippen LogP contribution in [0, 0.1) is 5.92 Å². The summed E-state index contributed by atoms with van der Waals surface area (Å²) in [4.78, 5) is 27.3. The van der Waals surface area contributed by atoms with Gasteiger partial charge in [0.2, 0.25) is 5.88 Å². The van der Waals surface area contributed by atoms with E-state index in [1.807, 2.05) is 36.2 Å². The number of ether oxygens (including phenoxy) is 1. The van der Waals surface area contributed by atoms with E-state index in [4.69, 9.17) is 14.7 Å². The zero-order chi connectivity index (χ0) is 22.0. The van der Waals surface area contributed by atoms with Gasteiger partial charge in [0.25, 0.3) is 5.91 Å². The van der Waals surface area contributed by atoms with E-state index >= 15 is 0 Å². The summed E-state index contributed by atoms with van der Waals surface area (Å²) in [6.07, 6.45) is 2.88. The minimum absolute atomic E-state index is 0.126. The first kappa shape index (κ1) is 18.1. The molecule has 4 saturated heterocycles. The number of methoxy groups -OCH3 is 1. The molecule has 4 aliphatic heterocycles. The van der Waals surface area contributed by atoms with Crippen LogP contribution >= 0.6 is 0 Å². The van der Waals surface area contributed by atoms with E-state index in [1.54, 1.807) is 7.11 Å². The Morgan fingerprint density at radius 3 is 2.73 bits per heavy atom. The highest BCUT2D eigenvalue weighted by atomic mass is 16.5. The van der Waals surface area contributed by atoms with Crippen molar-refractivity contribution in [3.05, 3.63) is 42.0 Å². The van der Waals surface area contributed by atoms with Gasteiger partial charge in [-0.3, -0.25) is 9.69 Å². The van der Waals surface area contributed by atoms with Crippen molar-refractivity contribution >= 4 is 28.0 Å². The molecular formula is C25H24N6O2. The molecule has 2 bridgehead atoms. The smallest absolute Gasteiger partial charge is 0.255 e. The Morgan fingerprint density at radius 1 is 1.15 bits per heavy atom. The van der Waals surface area contributed by atoms with Crippen LogP contribution in [0.5, 0.6) is 5.88 Å². The molecule has 0 spiro atoms. The first-order valence-corrected chi connectivity index (χ1v) is 11.7. The average Bonchev–Trinajstić information content (AvgIpc) is 3.78. The van der Waals surface area contributed by atoms with Gasteiger partial charge in [-0.1, -0.05) is 0 Å². The fourth-order valence-corrected chi connectivity index (χ4v) is 5.81. The van der Waals surface area contributed by atoms with E-state index in [0.29, 0.717) is 30.0 Å². The molecule has 7 heterocycles. The van der Waals surface area contributed by atoms with Gasteiger partial charge in [-0.2, -0.15) is 4.98 Å². The molecule has 4 atom stereocenters. The lowest BCUT2D eigenvalue weighted by Gasteiger charge is -2.14. The number of fused-ring (bicyclic) bond motifs is 3. The molecule has 8 heteroatoms. The summed E-state index contributed by atoms with van der Waals surface area (Å²) in [5, 5.41) is 1.08. The van der Waals surface area contributed by atoms with Crippen LogP contribution in [0.1, 0.15) is 23.2 Å². The van der Waals surface area contributed by atoms with Gasteiger partial charge < -0.3 is 18.8 Å². The molecule has 1 amide bonds. The van der Waals surface area contributed by atoms with E-state index in [1.165, 1.54) is 12.8 Å². The Morgan fingerprint density at radius 2 is 2.00 bits per heavy atom. The molecule has 1 unspecified atom stereocenters. The average molecular weight is 441 g/mol. The maximum atomic E-state index is 13.1. The highest BCUT2D eigenvalue weighted by Crippen LogP contribution is 2.59. The predicted octanol–water partition coefficient (Wildman–Crippen LogP) is 2.86. The van der Waals surface area contributed by atoms with Gasteiger partial charge in [-0.25, -0.2) is 4.98 Å². The van der Waals surface area contributed by atoms with Gasteiger partial charge in [0.15, 0.2) is 5.82 Å². The Balaban J connectivity index is 1.23. The number of rotatable bonds is 5. The number of aryl methyl sites for hydroxylation is 1. The van der Waals surface area contributed by atoms with E-state index in [9.17, 15) is 4.79 Å². The van der Waals surface area contributed by atoms with Crippen molar-refractivity contribution in [1.82, 2.24) is 28.9 Å². The number of amides is 1. The summed E-state index contributed by atoms with van der Waals surface area (Å²) >= 11 is 0. The van der Waals surface area contributed by atoms with E-state index in [0.717, 1.165) is 52.2 Å². The van der Waals surface area contributed by atoms with Crippen LogP contribution in [0.15, 0.2) is 36.4 Å². The van der Waals surface area contributed by atoms with E-state index in [-0.39, 0.29) is 5.91 Å². The summed E-state index contributed by atoms with van der Waals surface area (Å²) in [6.45, 7) is 1.80. The molecule has 33 heavy (non-hydrogen) atoms. The quantitative estimate of drug-likeness (QED) is 0.447. The van der Waals surface area contributed by atoms with Gasteiger partial charge in [-0.05, 0) is 49.1 Å². The highest BCUT2D eigenvalue weighted by Gasteiger charge is 2.80. The second kappa shape index (κ2) is 5.94. The SMILES string of the molecule is COc1ccc2cc(-c3nc4cc(C(=O)N5C[C@@H]6[C@@H]7[C@H]5N76)ccc4n3C)n(CC3CC3)c2n1. The fraction of sp³-hybridized carbons (Fsp3) is 0.400. The fourth-order valence-electron chi connectivity index (χ4n) is 5.81. The number of carbonyl (C=O) groups is 1. The standard InChI is InChI=1S/C25H24N6O2/c1-28-17-7-5-15(25(32)30-12-19-21-24(30)31(19)21)9-16(17)26-23(28)18-10-14-6-8-20(33-2)27-22(14)29(18)11-13-3-4-13/h5-10,13,19,21,24H,3-4,11-12H2,1-2H3/t19-,21-,24-,31?/m1/s1. The van der Waals surface area contributed by atoms with Crippen LogP contribution in [0.3, 0.4) is 0 Å². The number of pyridine rings is 1. The number of nitrogens with zero attached hydrogens (tertiary/aromatic N) is 6. The topological polar surface area (TPSA) is 68.2 Å². The molecule has 166 valence electrons. The predicted molar refractivity (Wildman–Crippen MR) is 123 cm³/mol. The molecule has 9 rings (SSSR count). The summed E-state index contributed by atoms with van der Waals surface area (Å²) in [7, 11) is 3.70. The largest absolute Gasteiger partial charge is 0.481 e. The second-order valence-corrected chi connectivity index (χ2v) is 9.92. The van der Waals surface area contributed by atoms with Crippen molar-refractivity contribution in [2.24, 2.45) is 13.0 Å². The zero-order valence-electron chi connectivity index (χ0n) is 18.6. The van der Waals surface area contributed by atoms with Gasteiger partial charge >= 0.3 is 0 Å². The van der Waals surface area contributed by atoms with Crippen LogP contribution in [-0.2, 0) is 13.6 Å². The normalized spacial score (nSPS) is 26.8. The third kappa shape index (κ3) is 2.41. The monoisotopic (exact) mass is 440 g/mol. The molecule has 1 aromatic carbocycles. The molecule has 3 aromatic heterocycles. The van der Waals surface area contributed by atoms with E-state index < -0.39 is 0 Å². The van der Waals surface area contributed by atoms with Gasteiger partial charge in [0, 0.05) is 43.2 Å². The first-order chi connectivity index (χ1) is 16.1. The molecule has 5 fully saturated rings. The van der Waals surface area contributed by atoms with Crippen LogP contribution < -0.4 is 4.74 Å². The number of imidazole rings is 1. The van der Waals surface area contributed by atoms with Gasteiger partial charge in [0.1, 0.15) is 11.8 Å². The lowest BCUT2D eigenvalue weighted by Crippen LogP contribution is -2.29. The number of carbonyl (C=O) groups excluding carboxylic acids is 1. The van der Waals surface area contributed by atoms with Gasteiger partial charge in [0.05, 0.1) is 29.9 Å². The second-order valence-electron chi connectivity index (χ2n) is 9.92. The minimum atomic E-state index is 0.126. The summed E-state index contributed by atoms with van der Waals surface area (Å²) in [6, 6.07) is 13.4. The number of benzene rings is 1. The van der Waals surface area contributed by atoms with E-state index in [2.05, 4.69) is 26.2 Å². The van der Waals surface area contributed by atoms with Crippen molar-refractivity contribution < 1.29 is 9.53 Å². The molecule has 0 N–H and O–H groups in total. The lowest BCUT2D eigenvalue weighted by molar-refractivity contribution is 0.0776. The van der Waals surface area contributed by atoms with Gasteiger partial charge in [-0.15, -0.1) is 0 Å². The lowest BCUT2D eigenvalue weighted by atomic mass is 10.2. The zero-order valence-corrected chi connectivity index (χ0v) is 18.6. The maximum Gasteiger partial charge on any atom is 0.255 e. The highest BCUT2D eigenvalue weighted by molar-refractivity contribution is 5.99. The van der Waals surface area contributed by atoms with Crippen LogP contribution in [0.25, 0.3) is 33.6 Å². The van der Waals surface area contributed by atoms with Crippen molar-refractivity contribution in [2.45, 2.75) is 37.6 Å². The Labute approximate surface area is 190 Å². The molecular weight excluding hydrogens is 416 g/mol. The maximum absolute atomic E-state index is 13.1. The Bertz CT molecular complexity index is 1480. The minimum Gasteiger partial charge on any atom is -0.481 e. The van der Waals surface area contributed by atoms with Crippen LogP contribution in [0.2, 0.25) is 0 Å². The molecule has 1 aliphatic carbocycles. The molecule has 8 nitrogen and oxygen atoms in total. The van der Waals surface area contributed by atoms with Crippen LogP contribution in [0.4, 0.5) is 0 Å². The van der Waals surface area contributed by atoms with Crippen molar-refractivity contribution in [2.75, 3.05) is 13.7 Å². The summed E-state index contributed by atoms with van der Waals surface area (Å²) in [5.41, 5.74) is 4.60. The number of aromatic nitrogens is 4. The van der Waals surface area contributed by atoms with Crippen molar-refractivity contribution in [1.29, 1.82) is 0 Å². The summed E-state index contributed by atoms with van der Waals surface area (Å²) in [5.74, 6) is 2.33. The third-order valence-corrected chi connectivity index (χ3v) is 7.94. The Hall–Kier alpha value is -3.39. The third-order valence-electron chi connectivity index (χ3n) is 7.94. The number of hydrogen-bond donors (Lipinski definition) is 0. The molecule has 0 radical (unpaired) electrons.